The number of aryl methyl sites for hydroxylation is 1. The highest BCUT2D eigenvalue weighted by Gasteiger charge is 2.19. The van der Waals surface area contributed by atoms with E-state index in [1.165, 1.54) is 29.9 Å². The lowest BCUT2D eigenvalue weighted by Crippen LogP contribution is -2.20. The summed E-state index contributed by atoms with van der Waals surface area (Å²) >= 11 is 7.40. The highest BCUT2D eigenvalue weighted by Crippen LogP contribution is 2.38. The van der Waals surface area contributed by atoms with Gasteiger partial charge in [0.25, 0.3) is 0 Å². The maximum atomic E-state index is 3.66. The quantitative estimate of drug-likeness (QED) is 0.574. The summed E-state index contributed by atoms with van der Waals surface area (Å²) < 4.78 is 2.52. The van der Waals surface area contributed by atoms with E-state index in [0.29, 0.717) is 6.04 Å². The van der Waals surface area contributed by atoms with E-state index in [9.17, 15) is 0 Å². The number of fused-ring (bicyclic) bond motifs is 1. The van der Waals surface area contributed by atoms with Gasteiger partial charge in [0.05, 0.1) is 6.04 Å². The minimum Gasteiger partial charge on any atom is -0.306 e. The molecule has 21 heavy (non-hydrogen) atoms. The van der Waals surface area contributed by atoms with Crippen LogP contribution in [0.1, 0.15) is 35.2 Å². The molecular formula is C17H18BrNS2. The molecule has 1 N–H and O–H groups in total. The van der Waals surface area contributed by atoms with E-state index >= 15 is 0 Å². The fraction of sp³-hybridized carbons (Fsp3) is 0.294. The number of benzene rings is 1. The van der Waals surface area contributed by atoms with Crippen molar-refractivity contribution in [1.82, 2.24) is 5.32 Å². The molecule has 0 aliphatic rings. The third-order valence-corrected chi connectivity index (χ3v) is 6.88. The highest BCUT2D eigenvalue weighted by molar-refractivity contribution is 9.10. The van der Waals surface area contributed by atoms with Crippen molar-refractivity contribution in [3.63, 3.8) is 0 Å². The Balaban J connectivity index is 2.09. The lowest BCUT2D eigenvalue weighted by atomic mass is 10.0. The summed E-state index contributed by atoms with van der Waals surface area (Å²) in [6.45, 7) is 5.36. The van der Waals surface area contributed by atoms with E-state index in [4.69, 9.17) is 0 Å². The zero-order valence-corrected chi connectivity index (χ0v) is 15.4. The second-order valence-corrected chi connectivity index (χ2v) is 7.89. The zero-order valence-electron chi connectivity index (χ0n) is 12.2. The van der Waals surface area contributed by atoms with E-state index in [-0.39, 0.29) is 0 Å². The van der Waals surface area contributed by atoms with E-state index in [1.54, 1.807) is 0 Å². The van der Waals surface area contributed by atoms with Crippen LogP contribution in [0.25, 0.3) is 10.1 Å². The molecule has 0 radical (unpaired) electrons. The summed E-state index contributed by atoms with van der Waals surface area (Å²) in [7, 11) is 0. The molecule has 2 aromatic heterocycles. The number of halogens is 1. The third-order valence-electron chi connectivity index (χ3n) is 3.62. The largest absolute Gasteiger partial charge is 0.306 e. The van der Waals surface area contributed by atoms with Crippen LogP contribution in [0.2, 0.25) is 0 Å². The van der Waals surface area contributed by atoms with Crippen LogP contribution in [-0.4, -0.2) is 6.54 Å². The Morgan fingerprint density at radius 2 is 2.05 bits per heavy atom. The SMILES string of the molecule is CCNC(c1ccc(CC)s1)c1csc2c(Br)cccc12. The van der Waals surface area contributed by atoms with Crippen molar-refractivity contribution in [2.75, 3.05) is 6.54 Å². The van der Waals surface area contributed by atoms with Gasteiger partial charge >= 0.3 is 0 Å². The molecule has 0 spiro atoms. The van der Waals surface area contributed by atoms with Crippen LogP contribution in [0.3, 0.4) is 0 Å². The molecule has 0 bridgehead atoms. The Labute approximate surface area is 142 Å². The Kier molecular flexibility index (Phi) is 4.79. The predicted molar refractivity (Wildman–Crippen MR) is 98.7 cm³/mol. The lowest BCUT2D eigenvalue weighted by Gasteiger charge is -2.16. The van der Waals surface area contributed by atoms with Crippen molar-refractivity contribution in [3.05, 3.63) is 55.5 Å². The van der Waals surface area contributed by atoms with Gasteiger partial charge in [-0.3, -0.25) is 0 Å². The van der Waals surface area contributed by atoms with Gasteiger partial charge in [-0.05, 0) is 63.4 Å². The van der Waals surface area contributed by atoms with Crippen molar-refractivity contribution in [3.8, 4) is 0 Å². The minimum atomic E-state index is 0.295. The molecule has 0 amide bonds. The maximum Gasteiger partial charge on any atom is 0.0685 e. The van der Waals surface area contributed by atoms with Crippen LogP contribution in [0, 0.1) is 0 Å². The molecule has 0 saturated carbocycles. The standard InChI is InChI=1S/C17H18BrNS2/c1-3-11-8-9-15(21-11)16(19-4-2)13-10-20-17-12(13)6-5-7-14(17)18/h5-10,16,19H,3-4H2,1-2H3. The fourth-order valence-electron chi connectivity index (χ4n) is 2.57. The molecule has 0 saturated heterocycles. The van der Waals surface area contributed by atoms with Crippen LogP contribution in [-0.2, 0) is 6.42 Å². The topological polar surface area (TPSA) is 12.0 Å². The molecular weight excluding hydrogens is 362 g/mol. The summed E-state index contributed by atoms with van der Waals surface area (Å²) in [5.74, 6) is 0. The molecule has 110 valence electrons. The average molecular weight is 380 g/mol. The van der Waals surface area contributed by atoms with E-state index in [1.807, 2.05) is 22.7 Å². The highest BCUT2D eigenvalue weighted by atomic mass is 79.9. The van der Waals surface area contributed by atoms with E-state index in [0.717, 1.165) is 13.0 Å². The number of hydrogen-bond donors (Lipinski definition) is 1. The summed E-state index contributed by atoms with van der Waals surface area (Å²) in [5, 5.41) is 7.31. The normalized spacial score (nSPS) is 12.9. The van der Waals surface area contributed by atoms with Crippen molar-refractivity contribution >= 4 is 48.7 Å². The van der Waals surface area contributed by atoms with Gasteiger partial charge in [0.2, 0.25) is 0 Å². The first-order valence-corrected chi connectivity index (χ1v) is 9.71. The molecule has 2 heterocycles. The zero-order chi connectivity index (χ0) is 14.8. The van der Waals surface area contributed by atoms with Crippen molar-refractivity contribution < 1.29 is 0 Å². The Morgan fingerprint density at radius 3 is 2.76 bits per heavy atom. The maximum absolute atomic E-state index is 3.66. The third kappa shape index (κ3) is 2.95. The second-order valence-electron chi connectivity index (χ2n) is 4.96. The van der Waals surface area contributed by atoms with Crippen LogP contribution in [0.5, 0.6) is 0 Å². The summed E-state index contributed by atoms with van der Waals surface area (Å²) in [6, 6.07) is 11.3. The molecule has 4 heteroatoms. The molecule has 1 unspecified atom stereocenters. The monoisotopic (exact) mass is 379 g/mol. The first-order chi connectivity index (χ1) is 10.2. The summed E-state index contributed by atoms with van der Waals surface area (Å²) in [6.07, 6.45) is 1.11. The first kappa shape index (κ1) is 15.2. The molecule has 3 rings (SSSR count). The Hall–Kier alpha value is -0.680. The fourth-order valence-corrected chi connectivity index (χ4v) is 5.27. The van der Waals surface area contributed by atoms with Crippen molar-refractivity contribution in [2.24, 2.45) is 0 Å². The number of nitrogens with one attached hydrogen (secondary N) is 1. The molecule has 0 aliphatic carbocycles. The van der Waals surface area contributed by atoms with E-state index in [2.05, 4.69) is 70.8 Å². The van der Waals surface area contributed by atoms with Crippen molar-refractivity contribution in [2.45, 2.75) is 26.3 Å². The van der Waals surface area contributed by atoms with Gasteiger partial charge < -0.3 is 5.32 Å². The van der Waals surface area contributed by atoms with Gasteiger partial charge in [-0.2, -0.15) is 0 Å². The van der Waals surface area contributed by atoms with Gasteiger partial charge in [0, 0.05) is 18.9 Å². The van der Waals surface area contributed by atoms with Gasteiger partial charge in [-0.1, -0.05) is 26.0 Å². The number of hydrogen-bond acceptors (Lipinski definition) is 3. The van der Waals surface area contributed by atoms with Gasteiger partial charge in [0.15, 0.2) is 0 Å². The molecule has 3 aromatic rings. The van der Waals surface area contributed by atoms with E-state index < -0.39 is 0 Å². The van der Waals surface area contributed by atoms with Crippen molar-refractivity contribution in [1.29, 1.82) is 0 Å². The summed E-state index contributed by atoms with van der Waals surface area (Å²) in [4.78, 5) is 2.86. The number of thiophene rings is 2. The smallest absolute Gasteiger partial charge is 0.0685 e. The molecule has 0 fully saturated rings. The molecule has 0 aliphatic heterocycles. The molecule has 1 atom stereocenters. The lowest BCUT2D eigenvalue weighted by molar-refractivity contribution is 0.645. The van der Waals surface area contributed by atoms with Gasteiger partial charge in [-0.15, -0.1) is 22.7 Å². The predicted octanol–water partition coefficient (Wildman–Crippen LogP) is 5.99. The Morgan fingerprint density at radius 1 is 1.19 bits per heavy atom. The van der Waals surface area contributed by atoms with Crippen LogP contribution in [0.15, 0.2) is 40.2 Å². The summed E-state index contributed by atoms with van der Waals surface area (Å²) in [5.41, 5.74) is 1.39. The first-order valence-electron chi connectivity index (χ1n) is 7.22. The average Bonchev–Trinajstić information content (AvgIpc) is 3.12. The van der Waals surface area contributed by atoms with Crippen LogP contribution >= 0.6 is 38.6 Å². The van der Waals surface area contributed by atoms with Gasteiger partial charge in [0.1, 0.15) is 0 Å². The van der Waals surface area contributed by atoms with Crippen LogP contribution in [0.4, 0.5) is 0 Å². The second kappa shape index (κ2) is 6.61. The molecule has 1 aromatic carbocycles. The Bertz CT molecular complexity index is 744. The van der Waals surface area contributed by atoms with Crippen LogP contribution < -0.4 is 5.32 Å². The van der Waals surface area contributed by atoms with Gasteiger partial charge in [-0.25, -0.2) is 0 Å². The number of rotatable bonds is 5. The molecule has 1 nitrogen and oxygen atoms in total. The minimum absolute atomic E-state index is 0.295.